The molecule has 0 N–H and O–H groups in total. The molecule has 0 bridgehead atoms. The number of nitrogens with zero attached hydrogens (tertiary/aromatic N) is 3. The maximum Gasteiger partial charge on any atom is 0.254 e. The van der Waals surface area contributed by atoms with Crippen molar-refractivity contribution in [3.05, 3.63) is 99.3 Å². The van der Waals surface area contributed by atoms with Gasteiger partial charge in [0.25, 0.3) is 5.91 Å². The fourth-order valence-electron chi connectivity index (χ4n) is 3.05. The van der Waals surface area contributed by atoms with Crippen molar-refractivity contribution in [3.63, 3.8) is 0 Å². The fourth-order valence-corrected chi connectivity index (χ4v) is 3.64. The number of hydrogen-bond acceptors (Lipinski definition) is 5. The molecule has 0 saturated heterocycles. The molecule has 1 aromatic heterocycles. The van der Waals surface area contributed by atoms with E-state index in [0.717, 1.165) is 15.6 Å². The summed E-state index contributed by atoms with van der Waals surface area (Å²) in [5, 5.41) is 4.65. The van der Waals surface area contributed by atoms with Gasteiger partial charge in [-0.3, -0.25) is 4.79 Å². The monoisotopic (exact) mass is 511 g/mol. The molecule has 0 spiro atoms. The normalized spacial score (nSPS) is 10.7. The SMILES string of the molecule is CN(Cc1nc(-c2cccc(Br)c2)no1)C(=O)c1cccc(OCc2ccccc2Cl)c1. The van der Waals surface area contributed by atoms with E-state index in [2.05, 4.69) is 26.1 Å². The molecule has 6 nitrogen and oxygen atoms in total. The molecule has 4 rings (SSSR count). The molecule has 8 heteroatoms. The minimum atomic E-state index is -0.185. The van der Waals surface area contributed by atoms with Gasteiger partial charge in [-0.1, -0.05) is 69.1 Å². The standard InChI is InChI=1S/C24H19BrClN3O3/c1-29(14-22-27-23(28-32-22)16-7-4-9-19(25)12-16)24(30)17-8-5-10-20(13-17)31-15-18-6-2-3-11-21(18)26/h2-13H,14-15H2,1H3. The quantitative estimate of drug-likeness (QED) is 0.304. The molecule has 4 aromatic rings. The molecule has 32 heavy (non-hydrogen) atoms. The van der Waals surface area contributed by atoms with Crippen LogP contribution in [0.25, 0.3) is 11.4 Å². The van der Waals surface area contributed by atoms with Gasteiger partial charge >= 0.3 is 0 Å². The first kappa shape index (κ1) is 22.0. The van der Waals surface area contributed by atoms with Crippen LogP contribution in [0.1, 0.15) is 21.8 Å². The average Bonchev–Trinajstić information content (AvgIpc) is 3.27. The van der Waals surface area contributed by atoms with Crippen LogP contribution in [0.5, 0.6) is 5.75 Å². The molecule has 1 amide bonds. The van der Waals surface area contributed by atoms with Gasteiger partial charge in [0.1, 0.15) is 12.4 Å². The Morgan fingerprint density at radius 2 is 1.91 bits per heavy atom. The topological polar surface area (TPSA) is 68.5 Å². The van der Waals surface area contributed by atoms with Crippen LogP contribution in [0.4, 0.5) is 0 Å². The number of benzene rings is 3. The van der Waals surface area contributed by atoms with Crippen molar-refractivity contribution in [1.29, 1.82) is 0 Å². The summed E-state index contributed by atoms with van der Waals surface area (Å²) in [6.07, 6.45) is 0. The van der Waals surface area contributed by atoms with Crippen molar-refractivity contribution in [3.8, 4) is 17.1 Å². The Bertz CT molecular complexity index is 1240. The first-order valence-electron chi connectivity index (χ1n) is 9.80. The molecule has 1 heterocycles. The number of rotatable bonds is 7. The molecule has 0 radical (unpaired) electrons. The van der Waals surface area contributed by atoms with E-state index in [-0.39, 0.29) is 12.5 Å². The summed E-state index contributed by atoms with van der Waals surface area (Å²) in [6, 6.07) is 22.1. The lowest BCUT2D eigenvalue weighted by Gasteiger charge is -2.15. The van der Waals surface area contributed by atoms with Crippen LogP contribution >= 0.6 is 27.5 Å². The zero-order valence-corrected chi connectivity index (χ0v) is 19.5. The Hall–Kier alpha value is -3.16. The Kier molecular flexibility index (Phi) is 6.87. The lowest BCUT2D eigenvalue weighted by molar-refractivity contribution is 0.0769. The van der Waals surface area contributed by atoms with Gasteiger partial charge in [-0.2, -0.15) is 4.98 Å². The van der Waals surface area contributed by atoms with Gasteiger partial charge in [-0.05, 0) is 36.4 Å². The molecule has 0 aliphatic rings. The Morgan fingerprint density at radius 1 is 1.09 bits per heavy atom. The zero-order valence-electron chi connectivity index (χ0n) is 17.2. The van der Waals surface area contributed by atoms with E-state index in [1.54, 1.807) is 31.3 Å². The van der Waals surface area contributed by atoms with Crippen molar-refractivity contribution in [1.82, 2.24) is 15.0 Å². The Balaban J connectivity index is 1.41. The number of aromatic nitrogens is 2. The van der Waals surface area contributed by atoms with Crippen molar-refractivity contribution in [2.45, 2.75) is 13.2 Å². The van der Waals surface area contributed by atoms with Crippen molar-refractivity contribution in [2.75, 3.05) is 7.05 Å². The summed E-state index contributed by atoms with van der Waals surface area (Å²) in [6.45, 7) is 0.498. The first-order valence-corrected chi connectivity index (χ1v) is 11.0. The number of ether oxygens (including phenoxy) is 1. The van der Waals surface area contributed by atoms with Gasteiger partial charge < -0.3 is 14.2 Å². The summed E-state index contributed by atoms with van der Waals surface area (Å²) in [5.74, 6) is 1.22. The largest absolute Gasteiger partial charge is 0.489 e. The maximum atomic E-state index is 12.9. The van der Waals surface area contributed by atoms with Gasteiger partial charge in [-0.15, -0.1) is 0 Å². The average molecular weight is 513 g/mol. The third-order valence-electron chi connectivity index (χ3n) is 4.70. The van der Waals surface area contributed by atoms with Crippen molar-refractivity contribution >= 4 is 33.4 Å². The second-order valence-electron chi connectivity index (χ2n) is 7.09. The summed E-state index contributed by atoms with van der Waals surface area (Å²) in [5.41, 5.74) is 2.20. The lowest BCUT2D eigenvalue weighted by Crippen LogP contribution is -2.26. The van der Waals surface area contributed by atoms with Gasteiger partial charge in [0.15, 0.2) is 0 Å². The molecule has 162 valence electrons. The number of carbonyl (C=O) groups is 1. The molecule has 0 aliphatic carbocycles. The summed E-state index contributed by atoms with van der Waals surface area (Å²) < 4.78 is 12.1. The fraction of sp³-hybridized carbons (Fsp3) is 0.125. The van der Waals surface area contributed by atoms with E-state index in [4.69, 9.17) is 20.9 Å². The molecule has 0 aliphatic heterocycles. The van der Waals surface area contributed by atoms with E-state index in [0.29, 0.717) is 34.7 Å². The molecule has 3 aromatic carbocycles. The highest BCUT2D eigenvalue weighted by molar-refractivity contribution is 9.10. The highest BCUT2D eigenvalue weighted by Gasteiger charge is 2.17. The highest BCUT2D eigenvalue weighted by Crippen LogP contribution is 2.22. The molecular weight excluding hydrogens is 494 g/mol. The van der Waals surface area contributed by atoms with Crippen molar-refractivity contribution < 1.29 is 14.1 Å². The van der Waals surface area contributed by atoms with Crippen LogP contribution in [0.2, 0.25) is 5.02 Å². The van der Waals surface area contributed by atoms with Crippen LogP contribution in [-0.2, 0) is 13.2 Å². The Labute approximate surface area is 198 Å². The van der Waals surface area contributed by atoms with E-state index in [9.17, 15) is 4.79 Å². The molecule has 0 unspecified atom stereocenters. The summed E-state index contributed by atoms with van der Waals surface area (Å²) >= 11 is 9.61. The minimum Gasteiger partial charge on any atom is -0.489 e. The van der Waals surface area contributed by atoms with Gasteiger partial charge in [0.2, 0.25) is 11.7 Å². The third kappa shape index (κ3) is 5.36. The highest BCUT2D eigenvalue weighted by atomic mass is 79.9. The smallest absolute Gasteiger partial charge is 0.254 e. The number of halogens is 2. The number of amides is 1. The van der Waals surface area contributed by atoms with Crippen LogP contribution in [-0.4, -0.2) is 28.0 Å². The van der Waals surface area contributed by atoms with Crippen LogP contribution < -0.4 is 4.74 Å². The summed E-state index contributed by atoms with van der Waals surface area (Å²) in [7, 11) is 1.68. The predicted octanol–water partition coefficient (Wildman–Crippen LogP) is 6.00. The number of carbonyl (C=O) groups excluding carboxylic acids is 1. The molecule has 0 atom stereocenters. The summed E-state index contributed by atoms with van der Waals surface area (Å²) in [4.78, 5) is 18.8. The lowest BCUT2D eigenvalue weighted by atomic mass is 10.2. The van der Waals surface area contributed by atoms with Crippen LogP contribution in [0.3, 0.4) is 0 Å². The predicted molar refractivity (Wildman–Crippen MR) is 125 cm³/mol. The second kappa shape index (κ2) is 9.97. The van der Waals surface area contributed by atoms with Gasteiger partial charge in [-0.25, -0.2) is 0 Å². The minimum absolute atomic E-state index is 0.185. The molecule has 0 saturated carbocycles. The zero-order chi connectivity index (χ0) is 22.5. The van der Waals surface area contributed by atoms with Crippen LogP contribution in [0.15, 0.2) is 81.8 Å². The first-order chi connectivity index (χ1) is 15.5. The number of hydrogen-bond donors (Lipinski definition) is 0. The van der Waals surface area contributed by atoms with E-state index >= 15 is 0 Å². The second-order valence-corrected chi connectivity index (χ2v) is 8.41. The maximum absolute atomic E-state index is 12.9. The van der Waals surface area contributed by atoms with Crippen molar-refractivity contribution in [2.24, 2.45) is 0 Å². The van der Waals surface area contributed by atoms with E-state index in [1.165, 1.54) is 4.90 Å². The molecular formula is C24H19BrClN3O3. The van der Waals surface area contributed by atoms with E-state index in [1.807, 2.05) is 48.5 Å². The molecule has 0 fully saturated rings. The third-order valence-corrected chi connectivity index (χ3v) is 5.57. The Morgan fingerprint density at radius 3 is 2.72 bits per heavy atom. The van der Waals surface area contributed by atoms with Gasteiger partial charge in [0, 0.05) is 33.2 Å². The van der Waals surface area contributed by atoms with Gasteiger partial charge in [0.05, 0.1) is 6.54 Å². The van der Waals surface area contributed by atoms with E-state index < -0.39 is 0 Å². The van der Waals surface area contributed by atoms with Crippen LogP contribution in [0, 0.1) is 0 Å².